The van der Waals surface area contributed by atoms with Crippen LogP contribution >= 0.6 is 0 Å². The highest BCUT2D eigenvalue weighted by molar-refractivity contribution is 5.70. The molecule has 0 spiro atoms. The first-order chi connectivity index (χ1) is 7.75. The van der Waals surface area contributed by atoms with Gasteiger partial charge in [0.05, 0.1) is 0 Å². The van der Waals surface area contributed by atoms with Crippen molar-refractivity contribution >= 4 is 5.97 Å². The van der Waals surface area contributed by atoms with E-state index in [2.05, 4.69) is 31.2 Å². The van der Waals surface area contributed by atoms with Crippen molar-refractivity contribution in [3.8, 4) is 0 Å². The van der Waals surface area contributed by atoms with E-state index in [0.717, 1.165) is 19.3 Å². The fourth-order valence-corrected chi connectivity index (χ4v) is 2.25. The Morgan fingerprint density at radius 2 is 2.12 bits per heavy atom. The van der Waals surface area contributed by atoms with Crippen LogP contribution in [0.2, 0.25) is 0 Å². The van der Waals surface area contributed by atoms with Crippen LogP contribution in [0.3, 0.4) is 0 Å². The fraction of sp³-hybridized carbons (Fsp3) is 0.500. The predicted octanol–water partition coefficient (Wildman–Crippen LogP) is 2.96. The summed E-state index contributed by atoms with van der Waals surface area (Å²) in [4.78, 5) is 11.2. The molecule has 2 atom stereocenters. The first-order valence-corrected chi connectivity index (χ1v) is 5.99. The van der Waals surface area contributed by atoms with Gasteiger partial charge in [0.2, 0.25) is 0 Å². The molecule has 2 rings (SSSR count). The first kappa shape index (κ1) is 11.2. The molecule has 2 heteroatoms. The smallest absolute Gasteiger partial charge is 0.306 e. The molecule has 0 aromatic heterocycles. The molecule has 0 bridgehead atoms. The third-order valence-electron chi connectivity index (χ3n) is 3.19. The van der Waals surface area contributed by atoms with Crippen LogP contribution in [0.4, 0.5) is 0 Å². The Morgan fingerprint density at radius 1 is 1.38 bits per heavy atom. The second-order valence-corrected chi connectivity index (χ2v) is 4.59. The van der Waals surface area contributed by atoms with Crippen molar-refractivity contribution in [1.29, 1.82) is 0 Å². The summed E-state index contributed by atoms with van der Waals surface area (Å²) in [6.07, 6.45) is 3.68. The van der Waals surface area contributed by atoms with Gasteiger partial charge in [-0.3, -0.25) is 4.79 Å². The molecule has 1 saturated heterocycles. The number of ether oxygens (including phenoxy) is 1. The van der Waals surface area contributed by atoms with Crippen molar-refractivity contribution in [2.24, 2.45) is 5.92 Å². The second kappa shape index (κ2) is 5.15. The van der Waals surface area contributed by atoms with Crippen molar-refractivity contribution in [1.82, 2.24) is 0 Å². The second-order valence-electron chi connectivity index (χ2n) is 4.59. The minimum absolute atomic E-state index is 0.0313. The molecule has 86 valence electrons. The molecule has 16 heavy (non-hydrogen) atoms. The Kier molecular flexibility index (Phi) is 3.60. The van der Waals surface area contributed by atoms with Crippen LogP contribution in [-0.2, 0) is 16.0 Å². The lowest BCUT2D eigenvalue weighted by Gasteiger charge is -2.27. The third-order valence-corrected chi connectivity index (χ3v) is 3.19. The topological polar surface area (TPSA) is 26.3 Å². The van der Waals surface area contributed by atoms with E-state index in [4.69, 9.17) is 4.74 Å². The Bertz CT molecular complexity index is 345. The minimum Gasteiger partial charge on any atom is -0.462 e. The molecular weight excluding hydrogens is 200 g/mol. The molecule has 0 saturated carbocycles. The van der Waals surface area contributed by atoms with E-state index >= 15 is 0 Å². The number of hydrogen-bond donors (Lipinski definition) is 0. The van der Waals surface area contributed by atoms with Crippen LogP contribution < -0.4 is 0 Å². The standard InChI is InChI=1S/C14H18O2/c1-11(10-12-6-3-2-4-7-12)13-8-5-9-14(15)16-13/h2-4,6-7,11,13H,5,8-10H2,1H3/t11-,13+/m0/s1. The summed E-state index contributed by atoms with van der Waals surface area (Å²) in [5, 5.41) is 0. The molecular formula is C14H18O2. The maximum atomic E-state index is 11.2. The first-order valence-electron chi connectivity index (χ1n) is 5.99. The van der Waals surface area contributed by atoms with Gasteiger partial charge in [-0.05, 0) is 30.7 Å². The zero-order chi connectivity index (χ0) is 11.4. The molecule has 1 heterocycles. The van der Waals surface area contributed by atoms with Gasteiger partial charge in [-0.15, -0.1) is 0 Å². The molecule has 0 aliphatic carbocycles. The van der Waals surface area contributed by atoms with Crippen molar-refractivity contribution in [2.75, 3.05) is 0 Å². The van der Waals surface area contributed by atoms with Crippen molar-refractivity contribution in [3.05, 3.63) is 35.9 Å². The average Bonchev–Trinajstić information content (AvgIpc) is 2.30. The van der Waals surface area contributed by atoms with Crippen LogP contribution in [0.15, 0.2) is 30.3 Å². The van der Waals surface area contributed by atoms with E-state index < -0.39 is 0 Å². The van der Waals surface area contributed by atoms with Crippen molar-refractivity contribution in [3.63, 3.8) is 0 Å². The number of cyclic esters (lactones) is 1. The van der Waals surface area contributed by atoms with E-state index in [1.165, 1.54) is 5.56 Å². The van der Waals surface area contributed by atoms with Crippen molar-refractivity contribution < 1.29 is 9.53 Å². The molecule has 2 nitrogen and oxygen atoms in total. The number of benzene rings is 1. The summed E-state index contributed by atoms with van der Waals surface area (Å²) in [6.45, 7) is 2.16. The zero-order valence-corrected chi connectivity index (χ0v) is 9.69. The number of hydrogen-bond acceptors (Lipinski definition) is 2. The van der Waals surface area contributed by atoms with Gasteiger partial charge in [-0.25, -0.2) is 0 Å². The highest BCUT2D eigenvalue weighted by atomic mass is 16.5. The molecule has 0 N–H and O–H groups in total. The summed E-state index contributed by atoms with van der Waals surface area (Å²) in [6, 6.07) is 10.4. The van der Waals surface area contributed by atoms with Gasteiger partial charge in [0, 0.05) is 6.42 Å². The van der Waals surface area contributed by atoms with E-state index in [1.807, 2.05) is 6.07 Å². The van der Waals surface area contributed by atoms with Crippen LogP contribution in [0.5, 0.6) is 0 Å². The summed E-state index contributed by atoms with van der Waals surface area (Å²) < 4.78 is 5.38. The molecule has 1 fully saturated rings. The molecule has 1 aliphatic heterocycles. The van der Waals surface area contributed by atoms with E-state index in [0.29, 0.717) is 12.3 Å². The van der Waals surface area contributed by atoms with Gasteiger partial charge >= 0.3 is 5.97 Å². The Morgan fingerprint density at radius 3 is 2.81 bits per heavy atom. The van der Waals surface area contributed by atoms with Crippen LogP contribution in [-0.4, -0.2) is 12.1 Å². The SMILES string of the molecule is C[C@@H](Cc1ccccc1)[C@H]1CCCC(=O)O1. The molecule has 1 aromatic rings. The number of rotatable bonds is 3. The quantitative estimate of drug-likeness (QED) is 0.729. The van der Waals surface area contributed by atoms with Crippen molar-refractivity contribution in [2.45, 2.75) is 38.7 Å². The third kappa shape index (κ3) is 2.84. The summed E-state index contributed by atoms with van der Waals surface area (Å²) in [5.41, 5.74) is 1.32. The molecule has 1 aromatic carbocycles. The largest absolute Gasteiger partial charge is 0.462 e. The van der Waals surface area contributed by atoms with Gasteiger partial charge in [-0.2, -0.15) is 0 Å². The lowest BCUT2D eigenvalue weighted by molar-refractivity contribution is -0.156. The van der Waals surface area contributed by atoms with Gasteiger partial charge in [0.25, 0.3) is 0 Å². The van der Waals surface area contributed by atoms with E-state index in [-0.39, 0.29) is 12.1 Å². The fourth-order valence-electron chi connectivity index (χ4n) is 2.25. The number of carbonyl (C=O) groups is 1. The Labute approximate surface area is 96.6 Å². The highest BCUT2D eigenvalue weighted by Gasteiger charge is 2.25. The summed E-state index contributed by atoms with van der Waals surface area (Å²) in [5.74, 6) is 0.378. The normalized spacial score (nSPS) is 22.6. The average molecular weight is 218 g/mol. The summed E-state index contributed by atoms with van der Waals surface area (Å²) in [7, 11) is 0. The minimum atomic E-state index is -0.0313. The number of esters is 1. The lowest BCUT2D eigenvalue weighted by atomic mass is 9.91. The van der Waals surface area contributed by atoms with Crippen LogP contribution in [0.25, 0.3) is 0 Å². The Balaban J connectivity index is 1.92. The molecule has 0 amide bonds. The number of carbonyl (C=O) groups excluding carboxylic acids is 1. The van der Waals surface area contributed by atoms with Crippen LogP contribution in [0, 0.1) is 5.92 Å². The van der Waals surface area contributed by atoms with E-state index in [9.17, 15) is 4.79 Å². The van der Waals surface area contributed by atoms with Gasteiger partial charge < -0.3 is 4.74 Å². The van der Waals surface area contributed by atoms with Gasteiger partial charge in [0.15, 0.2) is 0 Å². The highest BCUT2D eigenvalue weighted by Crippen LogP contribution is 2.23. The predicted molar refractivity (Wildman–Crippen MR) is 63.0 cm³/mol. The van der Waals surface area contributed by atoms with Crippen LogP contribution in [0.1, 0.15) is 31.7 Å². The molecule has 0 radical (unpaired) electrons. The molecule has 1 aliphatic rings. The van der Waals surface area contributed by atoms with E-state index in [1.54, 1.807) is 0 Å². The van der Waals surface area contributed by atoms with Gasteiger partial charge in [0.1, 0.15) is 6.10 Å². The Hall–Kier alpha value is -1.31. The summed E-state index contributed by atoms with van der Waals surface area (Å²) >= 11 is 0. The zero-order valence-electron chi connectivity index (χ0n) is 9.69. The maximum Gasteiger partial charge on any atom is 0.306 e. The maximum absolute atomic E-state index is 11.2. The monoisotopic (exact) mass is 218 g/mol. The molecule has 0 unspecified atom stereocenters. The van der Waals surface area contributed by atoms with Gasteiger partial charge in [-0.1, -0.05) is 37.3 Å². The lowest BCUT2D eigenvalue weighted by Crippen LogP contribution is -2.30.